The normalized spacial score (nSPS) is 17.6. The van der Waals surface area contributed by atoms with E-state index in [0.717, 1.165) is 4.88 Å². The van der Waals surface area contributed by atoms with E-state index in [2.05, 4.69) is 31.4 Å². The summed E-state index contributed by atoms with van der Waals surface area (Å²) in [6, 6.07) is 1.82. The summed E-state index contributed by atoms with van der Waals surface area (Å²) in [6.07, 6.45) is 0.573. The number of amides is 3. The third-order valence-electron chi connectivity index (χ3n) is 3.99. The highest BCUT2D eigenvalue weighted by Crippen LogP contribution is 2.37. The van der Waals surface area contributed by atoms with Crippen molar-refractivity contribution >= 4 is 34.6 Å². The topological polar surface area (TPSA) is 78.5 Å². The van der Waals surface area contributed by atoms with Crippen molar-refractivity contribution in [2.75, 3.05) is 18.4 Å². The lowest BCUT2D eigenvalue weighted by atomic mass is 9.93. The van der Waals surface area contributed by atoms with Crippen molar-refractivity contribution in [2.24, 2.45) is 0 Å². The highest BCUT2D eigenvalue weighted by Gasteiger charge is 2.41. The van der Waals surface area contributed by atoms with Crippen molar-refractivity contribution in [3.05, 3.63) is 16.5 Å². The summed E-state index contributed by atoms with van der Waals surface area (Å²) in [7, 11) is 0. The van der Waals surface area contributed by atoms with Gasteiger partial charge in [-0.1, -0.05) is 20.8 Å². The van der Waals surface area contributed by atoms with Crippen molar-refractivity contribution in [1.82, 2.24) is 10.2 Å². The molecule has 1 aliphatic heterocycles. The molecule has 0 spiro atoms. The van der Waals surface area contributed by atoms with Crippen LogP contribution in [0.5, 0.6) is 0 Å². The fourth-order valence-corrected chi connectivity index (χ4v) is 3.55. The average Bonchev–Trinajstić information content (AvgIpc) is 2.85. The molecule has 0 atom stereocenters. The maximum absolute atomic E-state index is 13.0. The smallest absolute Gasteiger partial charge is 0.257 e. The number of nitrogens with one attached hydrogen (secondary N) is 2. The number of thiophene rings is 1. The molecule has 1 aliphatic rings. The molecule has 7 heteroatoms. The number of nitrogens with zero attached hydrogens (tertiary/aromatic N) is 1. The van der Waals surface area contributed by atoms with Gasteiger partial charge in [-0.15, -0.1) is 11.3 Å². The molecular formula is C16H23N3O3S. The largest absolute Gasteiger partial charge is 0.352 e. The van der Waals surface area contributed by atoms with E-state index < -0.39 is 5.54 Å². The molecule has 2 rings (SSSR count). The van der Waals surface area contributed by atoms with Gasteiger partial charge in [0, 0.05) is 18.0 Å². The number of rotatable bonds is 3. The molecule has 1 saturated heterocycles. The summed E-state index contributed by atoms with van der Waals surface area (Å²) in [5.74, 6) is -0.408. The van der Waals surface area contributed by atoms with Crippen LogP contribution in [0.3, 0.4) is 0 Å². The lowest BCUT2D eigenvalue weighted by molar-refractivity contribution is -0.133. The van der Waals surface area contributed by atoms with Crippen LogP contribution in [0.2, 0.25) is 0 Å². The molecule has 0 radical (unpaired) electrons. The maximum atomic E-state index is 13.0. The van der Waals surface area contributed by atoms with Gasteiger partial charge in [0.05, 0.1) is 5.56 Å². The fourth-order valence-electron chi connectivity index (χ4n) is 2.48. The van der Waals surface area contributed by atoms with Gasteiger partial charge in [-0.25, -0.2) is 0 Å². The van der Waals surface area contributed by atoms with Crippen molar-refractivity contribution in [3.63, 3.8) is 0 Å². The second-order valence-corrected chi connectivity index (χ2v) is 8.19. The van der Waals surface area contributed by atoms with Gasteiger partial charge < -0.3 is 15.5 Å². The monoisotopic (exact) mass is 337 g/mol. The van der Waals surface area contributed by atoms with Crippen molar-refractivity contribution in [3.8, 4) is 0 Å². The highest BCUT2D eigenvalue weighted by atomic mass is 32.1. The molecule has 3 amide bonds. The summed E-state index contributed by atoms with van der Waals surface area (Å²) in [4.78, 5) is 38.5. The Morgan fingerprint density at radius 3 is 2.65 bits per heavy atom. The molecule has 0 aromatic carbocycles. The SMILES string of the molecule is CC(C)(C)c1cc(C(=O)N2CCNC(=O)C2(C)C)c(NC=O)s1. The molecule has 23 heavy (non-hydrogen) atoms. The van der Waals surface area contributed by atoms with Crippen molar-refractivity contribution < 1.29 is 14.4 Å². The highest BCUT2D eigenvalue weighted by molar-refractivity contribution is 7.16. The van der Waals surface area contributed by atoms with Crippen LogP contribution >= 0.6 is 11.3 Å². The van der Waals surface area contributed by atoms with E-state index in [-0.39, 0.29) is 17.2 Å². The minimum atomic E-state index is -0.919. The standard InChI is InChI=1S/C16H23N3O3S/c1-15(2,3)11-8-10(12(23-11)18-9-20)13(21)19-7-6-17-14(22)16(19,4)5/h8-9H,6-7H2,1-5H3,(H,17,22)(H,18,20). The first kappa shape index (κ1) is 17.5. The average molecular weight is 337 g/mol. The van der Waals surface area contributed by atoms with E-state index in [1.54, 1.807) is 18.7 Å². The van der Waals surface area contributed by atoms with Gasteiger partial charge in [0.1, 0.15) is 10.5 Å². The number of carbonyl (C=O) groups excluding carboxylic acids is 3. The lowest BCUT2D eigenvalue weighted by Crippen LogP contribution is -2.63. The van der Waals surface area contributed by atoms with Gasteiger partial charge in [-0.2, -0.15) is 0 Å². The molecule has 0 bridgehead atoms. The van der Waals surface area contributed by atoms with Crippen LogP contribution in [0.4, 0.5) is 5.00 Å². The number of hydrogen-bond acceptors (Lipinski definition) is 4. The Kier molecular flexibility index (Phi) is 4.52. The van der Waals surface area contributed by atoms with Gasteiger partial charge in [0.25, 0.3) is 5.91 Å². The van der Waals surface area contributed by atoms with E-state index in [1.807, 2.05) is 6.07 Å². The molecule has 2 heterocycles. The minimum absolute atomic E-state index is 0.128. The van der Waals surface area contributed by atoms with Crippen LogP contribution in [0.1, 0.15) is 49.9 Å². The van der Waals surface area contributed by atoms with E-state index in [9.17, 15) is 14.4 Å². The Morgan fingerprint density at radius 1 is 1.43 bits per heavy atom. The third kappa shape index (κ3) is 3.24. The van der Waals surface area contributed by atoms with E-state index in [0.29, 0.717) is 30.1 Å². The van der Waals surface area contributed by atoms with Crippen LogP contribution in [0, 0.1) is 0 Å². The predicted octanol–water partition coefficient (Wildman–Crippen LogP) is 1.96. The first-order valence-corrected chi connectivity index (χ1v) is 8.35. The van der Waals surface area contributed by atoms with Crippen LogP contribution in [0.15, 0.2) is 6.07 Å². The summed E-state index contributed by atoms with van der Waals surface area (Å²) >= 11 is 1.39. The van der Waals surface area contributed by atoms with E-state index >= 15 is 0 Å². The van der Waals surface area contributed by atoms with Crippen LogP contribution < -0.4 is 10.6 Å². The van der Waals surface area contributed by atoms with Gasteiger partial charge in [0.2, 0.25) is 12.3 Å². The van der Waals surface area contributed by atoms with E-state index in [4.69, 9.17) is 0 Å². The Balaban J connectivity index is 2.43. The number of anilines is 1. The molecule has 6 nitrogen and oxygen atoms in total. The molecule has 1 fully saturated rings. The predicted molar refractivity (Wildman–Crippen MR) is 90.8 cm³/mol. The van der Waals surface area contributed by atoms with Gasteiger partial charge in [0.15, 0.2) is 0 Å². The van der Waals surface area contributed by atoms with Gasteiger partial charge in [-0.3, -0.25) is 14.4 Å². The van der Waals surface area contributed by atoms with E-state index in [1.165, 1.54) is 11.3 Å². The number of piperazine rings is 1. The zero-order valence-corrected chi connectivity index (χ0v) is 15.0. The molecule has 1 aromatic heterocycles. The van der Waals surface area contributed by atoms with Crippen molar-refractivity contribution in [1.29, 1.82) is 0 Å². The lowest BCUT2D eigenvalue weighted by Gasteiger charge is -2.41. The fraction of sp³-hybridized carbons (Fsp3) is 0.562. The Labute approximate surface area is 140 Å². The van der Waals surface area contributed by atoms with Crippen molar-refractivity contribution in [2.45, 2.75) is 45.6 Å². The second kappa shape index (κ2) is 5.96. The summed E-state index contributed by atoms with van der Waals surface area (Å²) in [5.41, 5.74) is -0.607. The molecule has 2 N–H and O–H groups in total. The molecule has 1 aromatic rings. The van der Waals surface area contributed by atoms with Gasteiger partial charge >= 0.3 is 0 Å². The second-order valence-electron chi connectivity index (χ2n) is 7.14. The maximum Gasteiger partial charge on any atom is 0.257 e. The molecular weight excluding hydrogens is 314 g/mol. The zero-order valence-electron chi connectivity index (χ0n) is 14.1. The summed E-state index contributed by atoms with van der Waals surface area (Å²) in [5, 5.41) is 5.92. The third-order valence-corrected chi connectivity index (χ3v) is 5.48. The first-order valence-electron chi connectivity index (χ1n) is 7.54. The van der Waals surface area contributed by atoms with Crippen LogP contribution in [-0.2, 0) is 15.0 Å². The van der Waals surface area contributed by atoms with Gasteiger partial charge in [-0.05, 0) is 25.3 Å². The van der Waals surface area contributed by atoms with Crippen LogP contribution in [0.25, 0.3) is 0 Å². The first-order chi connectivity index (χ1) is 10.6. The molecule has 0 unspecified atom stereocenters. The Morgan fingerprint density at radius 2 is 2.09 bits per heavy atom. The molecule has 126 valence electrons. The Bertz CT molecular complexity index is 643. The summed E-state index contributed by atoms with van der Waals surface area (Å²) < 4.78 is 0. The zero-order chi connectivity index (χ0) is 17.4. The summed E-state index contributed by atoms with van der Waals surface area (Å²) in [6.45, 7) is 10.5. The molecule has 0 saturated carbocycles. The molecule has 0 aliphatic carbocycles. The van der Waals surface area contributed by atoms with Crippen LogP contribution in [-0.4, -0.2) is 41.8 Å². The minimum Gasteiger partial charge on any atom is -0.352 e. The Hall–Kier alpha value is -1.89. The number of carbonyl (C=O) groups is 3. The quantitative estimate of drug-likeness (QED) is 0.828. The number of hydrogen-bond donors (Lipinski definition) is 2.